The minimum atomic E-state index is -0.390. The monoisotopic (exact) mass is 391 g/mol. The quantitative estimate of drug-likeness (QED) is 0.418. The summed E-state index contributed by atoms with van der Waals surface area (Å²) in [5.41, 5.74) is 3.59. The van der Waals surface area contributed by atoms with Crippen LogP contribution in [0.1, 0.15) is 10.4 Å². The Labute approximate surface area is 164 Å². The summed E-state index contributed by atoms with van der Waals surface area (Å²) in [5, 5.41) is 0.487. The molecule has 0 amide bonds. The van der Waals surface area contributed by atoms with E-state index in [1.54, 1.807) is 24.3 Å². The fraction of sp³-hybridized carbons (Fsp3) is 0. The molecule has 0 saturated carbocycles. The molecule has 27 heavy (non-hydrogen) atoms. The highest BCUT2D eigenvalue weighted by Crippen LogP contribution is 2.22. The van der Waals surface area contributed by atoms with E-state index in [1.807, 2.05) is 54.6 Å². The molecule has 0 atom stereocenters. The van der Waals surface area contributed by atoms with Gasteiger partial charge in [0, 0.05) is 11.1 Å². The molecule has 0 bridgehead atoms. The van der Waals surface area contributed by atoms with Crippen molar-refractivity contribution in [1.29, 1.82) is 0 Å². The first-order chi connectivity index (χ1) is 13.1. The molecule has 0 unspecified atom stereocenters. The Morgan fingerprint density at radius 3 is 2.52 bits per heavy atom. The molecule has 0 saturated heterocycles. The number of halogens is 1. The van der Waals surface area contributed by atoms with Crippen molar-refractivity contribution in [3.05, 3.63) is 99.1 Å². The second-order valence-corrected chi connectivity index (χ2v) is 7.41. The van der Waals surface area contributed by atoms with Gasteiger partial charge in [0.1, 0.15) is 0 Å². The molecule has 0 aliphatic carbocycles. The van der Waals surface area contributed by atoms with Gasteiger partial charge in [-0.15, -0.1) is 0 Å². The first kappa shape index (κ1) is 17.5. The topological polar surface area (TPSA) is 39.1 Å². The average Bonchev–Trinajstić information content (AvgIpc) is 3.02. The molecule has 1 aromatic heterocycles. The molecule has 0 radical (unpaired) electrons. The van der Waals surface area contributed by atoms with Crippen molar-refractivity contribution in [2.24, 2.45) is 0 Å². The number of thiazole rings is 1. The SMILES string of the molecule is O=C(C=Cc1cccc(-c2ccccc2)c1)n1c(=O)sc2ccc(Cl)cc21. The van der Waals surface area contributed by atoms with Crippen molar-refractivity contribution in [1.82, 2.24) is 4.57 Å². The third-order valence-corrected chi connectivity index (χ3v) is 5.33. The number of aromatic nitrogens is 1. The molecule has 4 rings (SSSR count). The highest BCUT2D eigenvalue weighted by molar-refractivity contribution is 7.16. The lowest BCUT2D eigenvalue weighted by Gasteiger charge is -2.03. The number of carbonyl (C=O) groups excluding carboxylic acids is 1. The fourth-order valence-electron chi connectivity index (χ4n) is 2.89. The lowest BCUT2D eigenvalue weighted by atomic mass is 10.0. The molecule has 0 spiro atoms. The number of nitrogens with zero attached hydrogens (tertiary/aromatic N) is 1. The molecule has 5 heteroatoms. The van der Waals surface area contributed by atoms with E-state index < -0.39 is 5.91 Å². The van der Waals surface area contributed by atoms with Crippen molar-refractivity contribution in [3.8, 4) is 11.1 Å². The predicted octanol–water partition coefficient (Wildman–Crippen LogP) is 5.74. The highest BCUT2D eigenvalue weighted by atomic mass is 35.5. The van der Waals surface area contributed by atoms with E-state index >= 15 is 0 Å². The van der Waals surface area contributed by atoms with E-state index in [4.69, 9.17) is 11.6 Å². The molecule has 0 aliphatic rings. The molecule has 3 nitrogen and oxygen atoms in total. The third-order valence-electron chi connectivity index (χ3n) is 4.17. The van der Waals surface area contributed by atoms with Crippen molar-refractivity contribution in [2.75, 3.05) is 0 Å². The van der Waals surface area contributed by atoms with Gasteiger partial charge in [0.2, 0.25) is 0 Å². The van der Waals surface area contributed by atoms with Gasteiger partial charge >= 0.3 is 4.87 Å². The van der Waals surface area contributed by atoms with Crippen LogP contribution in [0.5, 0.6) is 0 Å². The molecule has 0 fully saturated rings. The van der Waals surface area contributed by atoms with Crippen molar-refractivity contribution < 1.29 is 4.79 Å². The maximum Gasteiger partial charge on any atom is 0.315 e. The Morgan fingerprint density at radius 1 is 0.926 bits per heavy atom. The zero-order chi connectivity index (χ0) is 18.8. The first-order valence-corrected chi connectivity index (χ1v) is 9.50. The van der Waals surface area contributed by atoms with Crippen LogP contribution in [0.25, 0.3) is 27.4 Å². The summed E-state index contributed by atoms with van der Waals surface area (Å²) in [4.78, 5) is 24.5. The Balaban J connectivity index is 1.66. The van der Waals surface area contributed by atoms with Crippen LogP contribution >= 0.6 is 22.9 Å². The minimum Gasteiger partial charge on any atom is -0.269 e. The van der Waals surface area contributed by atoms with Crippen LogP contribution in [-0.2, 0) is 0 Å². The van der Waals surface area contributed by atoms with Crippen LogP contribution in [-0.4, -0.2) is 10.5 Å². The van der Waals surface area contributed by atoms with E-state index in [9.17, 15) is 9.59 Å². The maximum absolute atomic E-state index is 12.6. The highest BCUT2D eigenvalue weighted by Gasteiger charge is 2.12. The number of benzene rings is 3. The number of fused-ring (bicyclic) bond motifs is 1. The number of allylic oxidation sites excluding steroid dienone is 1. The van der Waals surface area contributed by atoms with E-state index in [2.05, 4.69) is 0 Å². The summed E-state index contributed by atoms with van der Waals surface area (Å²) in [5.74, 6) is -0.390. The van der Waals surface area contributed by atoms with Gasteiger partial charge in [-0.25, -0.2) is 4.57 Å². The van der Waals surface area contributed by atoms with E-state index in [0.29, 0.717) is 10.5 Å². The molecular weight excluding hydrogens is 378 g/mol. The minimum absolute atomic E-state index is 0.319. The summed E-state index contributed by atoms with van der Waals surface area (Å²) in [7, 11) is 0. The number of hydrogen-bond donors (Lipinski definition) is 0. The van der Waals surface area contributed by atoms with Gasteiger partial charge in [-0.05, 0) is 47.0 Å². The molecule has 4 aromatic rings. The summed E-state index contributed by atoms with van der Waals surface area (Å²) >= 11 is 7.04. The zero-order valence-electron chi connectivity index (χ0n) is 14.1. The Hall–Kier alpha value is -2.95. The van der Waals surface area contributed by atoms with Gasteiger partial charge in [-0.3, -0.25) is 9.59 Å². The molecule has 3 aromatic carbocycles. The van der Waals surface area contributed by atoms with Crippen LogP contribution in [0.3, 0.4) is 0 Å². The number of hydrogen-bond acceptors (Lipinski definition) is 3. The van der Waals surface area contributed by atoms with Crippen molar-refractivity contribution in [2.45, 2.75) is 0 Å². The second-order valence-electron chi connectivity index (χ2n) is 5.98. The lowest BCUT2D eigenvalue weighted by molar-refractivity contribution is 0.0972. The molecule has 132 valence electrons. The van der Waals surface area contributed by atoms with Crippen molar-refractivity contribution >= 4 is 45.1 Å². The molecule has 1 heterocycles. The summed E-state index contributed by atoms with van der Waals surface area (Å²) in [6.07, 6.45) is 3.13. The van der Waals surface area contributed by atoms with Crippen LogP contribution in [0, 0.1) is 0 Å². The van der Waals surface area contributed by atoms with E-state index in [-0.39, 0.29) is 4.87 Å². The van der Waals surface area contributed by atoms with Gasteiger partial charge < -0.3 is 0 Å². The van der Waals surface area contributed by atoms with Crippen LogP contribution in [0.15, 0.2) is 83.7 Å². The zero-order valence-corrected chi connectivity index (χ0v) is 15.7. The average molecular weight is 392 g/mol. The van der Waals surface area contributed by atoms with Gasteiger partial charge in [0.05, 0.1) is 10.2 Å². The third kappa shape index (κ3) is 3.63. The summed E-state index contributed by atoms with van der Waals surface area (Å²) in [6.45, 7) is 0. The van der Waals surface area contributed by atoms with Crippen molar-refractivity contribution in [3.63, 3.8) is 0 Å². The Bertz CT molecular complexity index is 1220. The van der Waals surface area contributed by atoms with Crippen LogP contribution in [0.2, 0.25) is 5.02 Å². The first-order valence-electron chi connectivity index (χ1n) is 8.31. The number of carbonyl (C=O) groups is 1. The van der Waals surface area contributed by atoms with Crippen LogP contribution in [0.4, 0.5) is 0 Å². The van der Waals surface area contributed by atoms with Crippen LogP contribution < -0.4 is 4.87 Å². The summed E-state index contributed by atoms with van der Waals surface area (Å²) < 4.78 is 1.89. The predicted molar refractivity (Wildman–Crippen MR) is 113 cm³/mol. The Morgan fingerprint density at radius 2 is 1.70 bits per heavy atom. The smallest absolute Gasteiger partial charge is 0.269 e. The molecular formula is C22H14ClNO2S. The van der Waals surface area contributed by atoms with Gasteiger partial charge in [0.15, 0.2) is 0 Å². The fourth-order valence-corrected chi connectivity index (χ4v) is 3.92. The number of rotatable bonds is 3. The second kappa shape index (κ2) is 7.35. The normalized spacial score (nSPS) is 11.3. The van der Waals surface area contributed by atoms with Gasteiger partial charge in [0.25, 0.3) is 5.91 Å². The summed E-state index contributed by atoms with van der Waals surface area (Å²) in [6, 6.07) is 23.0. The van der Waals surface area contributed by atoms with E-state index in [1.165, 1.54) is 6.08 Å². The largest absolute Gasteiger partial charge is 0.315 e. The Kier molecular flexibility index (Phi) is 4.75. The standard InChI is InChI=1S/C22H14ClNO2S/c23-18-10-11-20-19(14-18)24(22(26)27-20)21(25)12-9-15-5-4-8-17(13-15)16-6-2-1-3-7-16/h1-14H. The maximum atomic E-state index is 12.6. The van der Waals surface area contributed by atoms with Gasteiger partial charge in [-0.2, -0.15) is 0 Å². The van der Waals surface area contributed by atoms with E-state index in [0.717, 1.165) is 37.3 Å². The lowest BCUT2D eigenvalue weighted by Crippen LogP contribution is -2.19. The van der Waals surface area contributed by atoms with Gasteiger partial charge in [-0.1, -0.05) is 71.5 Å². The molecule has 0 N–H and O–H groups in total. The molecule has 0 aliphatic heterocycles.